The maximum Gasteiger partial charge on any atom is 0.102 e. The van der Waals surface area contributed by atoms with Crippen LogP contribution in [0, 0.1) is 0 Å². The second kappa shape index (κ2) is 5.40. The third-order valence-corrected chi connectivity index (χ3v) is 3.86. The Morgan fingerprint density at radius 3 is 2.70 bits per heavy atom. The van der Waals surface area contributed by atoms with Crippen LogP contribution in [0.3, 0.4) is 0 Å². The summed E-state index contributed by atoms with van der Waals surface area (Å²) in [6.07, 6.45) is 7.53. The van der Waals surface area contributed by atoms with E-state index in [1.807, 2.05) is 35.3 Å². The third-order valence-electron chi connectivity index (χ3n) is 3.86. The van der Waals surface area contributed by atoms with Crippen molar-refractivity contribution in [2.24, 2.45) is 0 Å². The van der Waals surface area contributed by atoms with Gasteiger partial charge in [-0.3, -0.25) is 4.68 Å². The topological polar surface area (TPSA) is 72.4 Å². The zero-order valence-electron chi connectivity index (χ0n) is 11.2. The van der Waals surface area contributed by atoms with Gasteiger partial charge in [-0.05, 0) is 12.1 Å². The van der Waals surface area contributed by atoms with Crippen molar-refractivity contribution >= 4 is 0 Å². The SMILES string of the molecule is OC(Cn1cc(-n2cccc2)cn1)C1(O)CCOCC1. The number of hydrogen-bond acceptors (Lipinski definition) is 4. The molecule has 20 heavy (non-hydrogen) atoms. The molecule has 1 atom stereocenters. The summed E-state index contributed by atoms with van der Waals surface area (Å²) in [6.45, 7) is 1.25. The van der Waals surface area contributed by atoms with Gasteiger partial charge in [-0.25, -0.2) is 0 Å². The Morgan fingerprint density at radius 2 is 2.00 bits per heavy atom. The highest BCUT2D eigenvalue weighted by Gasteiger charge is 2.37. The summed E-state index contributed by atoms with van der Waals surface area (Å²) in [5.74, 6) is 0. The van der Waals surface area contributed by atoms with E-state index in [0.29, 0.717) is 26.1 Å². The second-order valence-electron chi connectivity index (χ2n) is 5.24. The Labute approximate surface area is 117 Å². The number of rotatable bonds is 4. The average molecular weight is 277 g/mol. The first kappa shape index (κ1) is 13.4. The molecule has 6 heteroatoms. The highest BCUT2D eigenvalue weighted by atomic mass is 16.5. The lowest BCUT2D eigenvalue weighted by Gasteiger charge is -2.36. The van der Waals surface area contributed by atoms with Gasteiger partial charge in [-0.2, -0.15) is 5.10 Å². The Balaban J connectivity index is 1.68. The van der Waals surface area contributed by atoms with Crippen LogP contribution < -0.4 is 0 Å². The van der Waals surface area contributed by atoms with Gasteiger partial charge in [0.25, 0.3) is 0 Å². The van der Waals surface area contributed by atoms with Crippen molar-refractivity contribution in [2.75, 3.05) is 13.2 Å². The molecule has 0 aromatic carbocycles. The quantitative estimate of drug-likeness (QED) is 0.857. The molecule has 0 amide bonds. The van der Waals surface area contributed by atoms with Gasteiger partial charge in [0.2, 0.25) is 0 Å². The minimum absolute atomic E-state index is 0.276. The van der Waals surface area contributed by atoms with E-state index in [4.69, 9.17) is 4.74 Å². The molecule has 3 heterocycles. The molecule has 1 aliphatic rings. The van der Waals surface area contributed by atoms with Crippen LogP contribution in [0.2, 0.25) is 0 Å². The first-order valence-electron chi connectivity index (χ1n) is 6.81. The molecule has 1 unspecified atom stereocenters. The Morgan fingerprint density at radius 1 is 1.30 bits per heavy atom. The van der Waals surface area contributed by atoms with Crippen molar-refractivity contribution in [3.63, 3.8) is 0 Å². The predicted molar refractivity (Wildman–Crippen MR) is 72.6 cm³/mol. The Hall–Kier alpha value is -1.63. The van der Waals surface area contributed by atoms with E-state index in [-0.39, 0.29) is 6.54 Å². The number of ether oxygens (including phenoxy) is 1. The monoisotopic (exact) mass is 277 g/mol. The van der Waals surface area contributed by atoms with Crippen molar-refractivity contribution in [3.05, 3.63) is 36.9 Å². The van der Waals surface area contributed by atoms with Crippen molar-refractivity contribution in [1.82, 2.24) is 14.3 Å². The number of aliphatic hydroxyl groups excluding tert-OH is 1. The highest BCUT2D eigenvalue weighted by Crippen LogP contribution is 2.25. The van der Waals surface area contributed by atoms with Crippen molar-refractivity contribution in [3.8, 4) is 5.69 Å². The van der Waals surface area contributed by atoms with Gasteiger partial charge >= 0.3 is 0 Å². The number of aromatic nitrogens is 3. The fourth-order valence-corrected chi connectivity index (χ4v) is 2.50. The minimum atomic E-state index is -1.07. The molecular weight excluding hydrogens is 258 g/mol. The van der Waals surface area contributed by atoms with Gasteiger partial charge in [0.15, 0.2) is 0 Å². The van der Waals surface area contributed by atoms with Crippen LogP contribution in [-0.4, -0.2) is 49.5 Å². The molecule has 1 fully saturated rings. The third kappa shape index (κ3) is 2.63. The summed E-state index contributed by atoms with van der Waals surface area (Å²) < 4.78 is 8.83. The van der Waals surface area contributed by atoms with Gasteiger partial charge in [0, 0.05) is 44.6 Å². The van der Waals surface area contributed by atoms with E-state index in [0.717, 1.165) is 5.69 Å². The average Bonchev–Trinajstić information content (AvgIpc) is 3.09. The molecule has 1 aliphatic heterocycles. The van der Waals surface area contributed by atoms with Crippen LogP contribution in [0.25, 0.3) is 5.69 Å². The van der Waals surface area contributed by atoms with Gasteiger partial charge in [-0.15, -0.1) is 0 Å². The normalized spacial score (nSPS) is 19.9. The standard InChI is InChI=1S/C14H19N3O3/c18-13(14(19)3-7-20-8-4-14)11-17-10-12(9-15-17)16-5-1-2-6-16/h1-2,5-6,9-10,13,18-19H,3-4,7-8,11H2. The van der Waals surface area contributed by atoms with E-state index < -0.39 is 11.7 Å². The molecule has 1 saturated heterocycles. The van der Waals surface area contributed by atoms with Gasteiger partial charge < -0.3 is 19.5 Å². The van der Waals surface area contributed by atoms with E-state index in [2.05, 4.69) is 5.10 Å². The predicted octanol–water partition coefficient (Wildman–Crippen LogP) is 0.576. The summed E-state index contributed by atoms with van der Waals surface area (Å²) in [7, 11) is 0. The van der Waals surface area contributed by atoms with E-state index >= 15 is 0 Å². The van der Waals surface area contributed by atoms with E-state index in [1.165, 1.54) is 0 Å². The molecule has 2 N–H and O–H groups in total. The molecule has 0 bridgehead atoms. The van der Waals surface area contributed by atoms with Gasteiger partial charge in [-0.1, -0.05) is 0 Å². The van der Waals surface area contributed by atoms with Crippen LogP contribution in [-0.2, 0) is 11.3 Å². The summed E-state index contributed by atoms with van der Waals surface area (Å²) in [4.78, 5) is 0. The summed E-state index contributed by atoms with van der Waals surface area (Å²) in [6, 6.07) is 3.88. The van der Waals surface area contributed by atoms with Crippen LogP contribution in [0.5, 0.6) is 0 Å². The highest BCUT2D eigenvalue weighted by molar-refractivity contribution is 5.26. The summed E-state index contributed by atoms with van der Waals surface area (Å²) in [5.41, 5.74) is -0.140. The van der Waals surface area contributed by atoms with Crippen LogP contribution in [0.4, 0.5) is 0 Å². The van der Waals surface area contributed by atoms with Gasteiger partial charge in [0.05, 0.1) is 24.0 Å². The molecule has 0 aliphatic carbocycles. The molecule has 3 rings (SSSR count). The maximum absolute atomic E-state index is 10.4. The molecule has 108 valence electrons. The van der Waals surface area contributed by atoms with Crippen molar-refractivity contribution in [1.29, 1.82) is 0 Å². The summed E-state index contributed by atoms with van der Waals surface area (Å²) in [5, 5.41) is 24.9. The lowest BCUT2D eigenvalue weighted by molar-refractivity contribution is -0.136. The first-order valence-corrected chi connectivity index (χ1v) is 6.81. The zero-order valence-corrected chi connectivity index (χ0v) is 11.2. The van der Waals surface area contributed by atoms with Crippen molar-refractivity contribution in [2.45, 2.75) is 31.1 Å². The fraction of sp³-hybridized carbons (Fsp3) is 0.500. The number of aliphatic hydroxyl groups is 2. The largest absolute Gasteiger partial charge is 0.388 e. The van der Waals surface area contributed by atoms with Crippen molar-refractivity contribution < 1.29 is 14.9 Å². The smallest absolute Gasteiger partial charge is 0.102 e. The molecule has 2 aromatic heterocycles. The second-order valence-corrected chi connectivity index (χ2v) is 5.24. The minimum Gasteiger partial charge on any atom is -0.388 e. The molecule has 0 saturated carbocycles. The molecule has 0 spiro atoms. The zero-order chi connectivity index (χ0) is 14.0. The van der Waals surface area contributed by atoms with Crippen LogP contribution >= 0.6 is 0 Å². The van der Waals surface area contributed by atoms with Crippen LogP contribution in [0.1, 0.15) is 12.8 Å². The number of hydrogen-bond donors (Lipinski definition) is 2. The fourth-order valence-electron chi connectivity index (χ4n) is 2.50. The summed E-state index contributed by atoms with van der Waals surface area (Å²) >= 11 is 0. The molecular formula is C14H19N3O3. The molecule has 0 radical (unpaired) electrons. The Bertz CT molecular complexity index is 544. The molecule has 6 nitrogen and oxygen atoms in total. The van der Waals surface area contributed by atoms with E-state index in [1.54, 1.807) is 10.9 Å². The Kier molecular flexibility index (Phi) is 3.60. The van der Waals surface area contributed by atoms with Crippen LogP contribution in [0.15, 0.2) is 36.9 Å². The maximum atomic E-state index is 10.4. The lowest BCUT2D eigenvalue weighted by atomic mass is 9.88. The molecule has 2 aromatic rings. The first-order chi connectivity index (χ1) is 9.67. The van der Waals surface area contributed by atoms with Gasteiger partial charge in [0.1, 0.15) is 6.10 Å². The number of nitrogens with zero attached hydrogens (tertiary/aromatic N) is 3. The van der Waals surface area contributed by atoms with E-state index in [9.17, 15) is 10.2 Å². The lowest BCUT2D eigenvalue weighted by Crippen LogP contribution is -2.48.